The normalized spacial score (nSPS) is 12.6. The molecule has 0 aliphatic heterocycles. The fraction of sp³-hybridized carbons (Fsp3) is 0.467. The molecule has 0 aromatic heterocycles. The Labute approximate surface area is 136 Å². The second kappa shape index (κ2) is 7.45. The van der Waals surface area contributed by atoms with E-state index in [0.29, 0.717) is 11.3 Å². The lowest BCUT2D eigenvalue weighted by Gasteiger charge is -2.20. The quantitative estimate of drug-likeness (QED) is 0.759. The molecule has 1 aromatic carbocycles. The van der Waals surface area contributed by atoms with Crippen molar-refractivity contribution in [1.29, 1.82) is 0 Å². The van der Waals surface area contributed by atoms with E-state index in [9.17, 15) is 18.0 Å². The molecule has 0 saturated heterocycles. The van der Waals surface area contributed by atoms with Gasteiger partial charge in [-0.3, -0.25) is 9.52 Å². The molecular weight excluding hydrogens is 320 g/mol. The van der Waals surface area contributed by atoms with Gasteiger partial charge in [0, 0.05) is 5.56 Å². The predicted octanol–water partition coefficient (Wildman–Crippen LogP) is 1.29. The lowest BCUT2D eigenvalue weighted by atomic mass is 10.0. The van der Waals surface area contributed by atoms with Gasteiger partial charge in [-0.05, 0) is 30.5 Å². The Kier molecular flexibility index (Phi) is 6.14. The Hall–Kier alpha value is -2.09. The van der Waals surface area contributed by atoms with Crippen LogP contribution in [0.1, 0.15) is 29.8 Å². The molecule has 0 fully saturated rings. The van der Waals surface area contributed by atoms with Crippen LogP contribution in [0.3, 0.4) is 0 Å². The molecule has 0 saturated carbocycles. The number of amides is 1. The molecule has 2 N–H and O–H groups in total. The highest BCUT2D eigenvalue weighted by Crippen LogP contribution is 2.18. The number of methoxy groups -OCH3 is 1. The van der Waals surface area contributed by atoms with Gasteiger partial charge in [-0.15, -0.1) is 0 Å². The highest BCUT2D eigenvalue weighted by molar-refractivity contribution is 7.92. The minimum absolute atomic E-state index is 0.148. The second-order valence-electron chi connectivity index (χ2n) is 5.62. The third kappa shape index (κ3) is 5.55. The maximum atomic E-state index is 12.3. The molecule has 0 bridgehead atoms. The summed E-state index contributed by atoms with van der Waals surface area (Å²) < 4.78 is 29.7. The summed E-state index contributed by atoms with van der Waals surface area (Å²) in [5.41, 5.74) is 1.25. The maximum absolute atomic E-state index is 12.3. The minimum atomic E-state index is -3.45. The van der Waals surface area contributed by atoms with Crippen LogP contribution in [-0.4, -0.2) is 39.7 Å². The van der Waals surface area contributed by atoms with Crippen molar-refractivity contribution in [2.45, 2.75) is 26.8 Å². The van der Waals surface area contributed by atoms with Crippen molar-refractivity contribution in [1.82, 2.24) is 5.32 Å². The van der Waals surface area contributed by atoms with Gasteiger partial charge < -0.3 is 10.1 Å². The van der Waals surface area contributed by atoms with Gasteiger partial charge in [0.25, 0.3) is 5.91 Å². The molecular formula is C15H22N2O5S. The number of esters is 1. The summed E-state index contributed by atoms with van der Waals surface area (Å²) in [6.07, 6.45) is 1.03. The average molecular weight is 342 g/mol. The Morgan fingerprint density at radius 2 is 1.83 bits per heavy atom. The Balaban J connectivity index is 3.04. The number of carbonyl (C=O) groups excluding carboxylic acids is 2. The second-order valence-corrected chi connectivity index (χ2v) is 7.37. The highest BCUT2D eigenvalue weighted by atomic mass is 32.2. The Morgan fingerprint density at radius 1 is 1.22 bits per heavy atom. The summed E-state index contributed by atoms with van der Waals surface area (Å²) in [7, 11) is -2.20. The molecule has 0 spiro atoms. The average Bonchev–Trinajstić information content (AvgIpc) is 2.44. The number of hydrogen-bond donors (Lipinski definition) is 2. The van der Waals surface area contributed by atoms with Crippen LogP contribution in [0.4, 0.5) is 5.69 Å². The lowest BCUT2D eigenvalue weighted by molar-refractivity contribution is -0.144. The van der Waals surface area contributed by atoms with Crippen LogP contribution in [0.15, 0.2) is 18.2 Å². The van der Waals surface area contributed by atoms with E-state index in [1.807, 2.05) is 0 Å². The fourth-order valence-corrected chi connectivity index (χ4v) is 2.54. The van der Waals surface area contributed by atoms with Crippen molar-refractivity contribution in [3.63, 3.8) is 0 Å². The summed E-state index contributed by atoms with van der Waals surface area (Å²) in [4.78, 5) is 24.0. The van der Waals surface area contributed by atoms with Gasteiger partial charge in [0.15, 0.2) is 0 Å². The number of anilines is 1. The van der Waals surface area contributed by atoms with Gasteiger partial charge in [-0.1, -0.05) is 19.9 Å². The summed E-state index contributed by atoms with van der Waals surface area (Å²) in [6, 6.07) is 3.85. The van der Waals surface area contributed by atoms with E-state index in [4.69, 9.17) is 0 Å². The van der Waals surface area contributed by atoms with Crippen LogP contribution in [-0.2, 0) is 19.6 Å². The SMILES string of the molecule is COC(=O)[C@@H](NC(=O)c1ccc(C)c(NS(C)(=O)=O)c1)C(C)C. The first-order chi connectivity index (χ1) is 10.5. The molecule has 0 radical (unpaired) electrons. The number of ether oxygens (including phenoxy) is 1. The van der Waals surface area contributed by atoms with Crippen LogP contribution in [0.25, 0.3) is 0 Å². The number of benzene rings is 1. The largest absolute Gasteiger partial charge is 0.467 e. The summed E-state index contributed by atoms with van der Waals surface area (Å²) >= 11 is 0. The lowest BCUT2D eigenvalue weighted by Crippen LogP contribution is -2.45. The van der Waals surface area contributed by atoms with E-state index in [0.717, 1.165) is 6.26 Å². The van der Waals surface area contributed by atoms with E-state index in [1.165, 1.54) is 13.2 Å². The van der Waals surface area contributed by atoms with Crippen LogP contribution >= 0.6 is 0 Å². The number of carbonyl (C=O) groups is 2. The summed E-state index contributed by atoms with van der Waals surface area (Å²) in [5.74, 6) is -1.16. The van der Waals surface area contributed by atoms with Crippen molar-refractivity contribution in [3.8, 4) is 0 Å². The van der Waals surface area contributed by atoms with Crippen molar-refractivity contribution in [3.05, 3.63) is 29.3 Å². The number of sulfonamides is 1. The van der Waals surface area contributed by atoms with E-state index in [2.05, 4.69) is 14.8 Å². The van der Waals surface area contributed by atoms with Crippen LogP contribution in [0.5, 0.6) is 0 Å². The standard InChI is InChI=1S/C15H22N2O5S/c1-9(2)13(15(19)22-4)16-14(18)11-7-6-10(3)12(8-11)17-23(5,20)21/h6-9,13,17H,1-5H3,(H,16,18)/t13-/m0/s1. The third-order valence-corrected chi connectivity index (χ3v) is 3.79. The number of aryl methyl sites for hydroxylation is 1. The molecule has 1 atom stereocenters. The van der Waals surface area contributed by atoms with Crippen molar-refractivity contribution in [2.24, 2.45) is 5.92 Å². The first-order valence-corrected chi connectivity index (χ1v) is 8.91. The van der Waals surface area contributed by atoms with Crippen molar-refractivity contribution >= 4 is 27.6 Å². The van der Waals surface area contributed by atoms with E-state index in [1.54, 1.807) is 32.9 Å². The first kappa shape index (κ1) is 19.0. The number of hydrogen-bond acceptors (Lipinski definition) is 5. The molecule has 128 valence electrons. The summed E-state index contributed by atoms with van der Waals surface area (Å²) in [5, 5.41) is 2.60. The van der Waals surface area contributed by atoms with Gasteiger partial charge in [-0.2, -0.15) is 0 Å². The number of nitrogens with one attached hydrogen (secondary N) is 2. The maximum Gasteiger partial charge on any atom is 0.328 e. The van der Waals surface area contributed by atoms with E-state index >= 15 is 0 Å². The molecule has 0 unspecified atom stereocenters. The third-order valence-electron chi connectivity index (χ3n) is 3.20. The molecule has 1 amide bonds. The van der Waals surface area contributed by atoms with Gasteiger partial charge in [0.05, 0.1) is 19.1 Å². The zero-order valence-electron chi connectivity index (χ0n) is 13.8. The van der Waals surface area contributed by atoms with Gasteiger partial charge >= 0.3 is 5.97 Å². The van der Waals surface area contributed by atoms with Gasteiger partial charge in [-0.25, -0.2) is 13.2 Å². The van der Waals surface area contributed by atoms with Crippen LogP contribution in [0, 0.1) is 12.8 Å². The smallest absolute Gasteiger partial charge is 0.328 e. The molecule has 1 aromatic rings. The van der Waals surface area contributed by atoms with Gasteiger partial charge in [0.2, 0.25) is 10.0 Å². The van der Waals surface area contributed by atoms with Crippen LogP contribution in [0.2, 0.25) is 0 Å². The molecule has 0 aliphatic rings. The molecule has 0 heterocycles. The zero-order valence-corrected chi connectivity index (χ0v) is 14.7. The molecule has 8 heteroatoms. The molecule has 7 nitrogen and oxygen atoms in total. The van der Waals surface area contributed by atoms with Gasteiger partial charge in [0.1, 0.15) is 6.04 Å². The minimum Gasteiger partial charge on any atom is -0.467 e. The van der Waals surface area contributed by atoms with Crippen LogP contribution < -0.4 is 10.0 Å². The monoisotopic (exact) mass is 342 g/mol. The van der Waals surface area contributed by atoms with E-state index < -0.39 is 27.9 Å². The van der Waals surface area contributed by atoms with Crippen molar-refractivity contribution < 1.29 is 22.7 Å². The molecule has 0 aliphatic carbocycles. The fourth-order valence-electron chi connectivity index (χ4n) is 1.92. The van der Waals surface area contributed by atoms with E-state index in [-0.39, 0.29) is 11.5 Å². The number of rotatable bonds is 6. The summed E-state index contributed by atoms with van der Waals surface area (Å²) in [6.45, 7) is 5.29. The highest BCUT2D eigenvalue weighted by Gasteiger charge is 2.25. The Bertz CT molecular complexity index is 698. The first-order valence-electron chi connectivity index (χ1n) is 7.02. The molecule has 23 heavy (non-hydrogen) atoms. The molecule has 1 rings (SSSR count). The predicted molar refractivity (Wildman–Crippen MR) is 87.8 cm³/mol. The topological polar surface area (TPSA) is 102 Å². The zero-order chi connectivity index (χ0) is 17.8. The Morgan fingerprint density at radius 3 is 2.30 bits per heavy atom. The van der Waals surface area contributed by atoms with Crippen molar-refractivity contribution in [2.75, 3.05) is 18.1 Å².